The van der Waals surface area contributed by atoms with Crippen molar-refractivity contribution in [2.45, 2.75) is 303 Å². The van der Waals surface area contributed by atoms with Gasteiger partial charge in [0.2, 0.25) is 0 Å². The number of hydrogen-bond donors (Lipinski definition) is 6. The third kappa shape index (κ3) is 229. The molecule has 99 heavy (non-hydrogen) atoms. The highest BCUT2D eigenvalue weighted by molar-refractivity contribution is 4.99. The Labute approximate surface area is 629 Å². The Kier molecular flexibility index (Phi) is 351. The first-order valence-electron chi connectivity index (χ1n) is 39.8. The van der Waals surface area contributed by atoms with E-state index in [0.717, 1.165) is 58.9 Å². The average molecular weight is 1420 g/mol. The highest BCUT2D eigenvalue weighted by atomic mass is 16.5. The van der Waals surface area contributed by atoms with Crippen molar-refractivity contribution in [2.24, 2.45) is 0 Å². The average Bonchev–Trinajstić information content (AvgIpc) is 3.52. The van der Waals surface area contributed by atoms with Crippen LogP contribution in [0.15, 0.2) is 129 Å². The van der Waals surface area contributed by atoms with Crippen molar-refractivity contribution in [3.63, 3.8) is 0 Å². The monoisotopic (exact) mass is 1420 g/mol. The maximum absolute atomic E-state index is 5.01. The van der Waals surface area contributed by atoms with Crippen molar-refractivity contribution in [3.8, 4) is 0 Å². The highest BCUT2D eigenvalue weighted by Crippen LogP contribution is 1.96. The summed E-state index contributed by atoms with van der Waals surface area (Å²) in [5.74, 6) is 0. The van der Waals surface area contributed by atoms with E-state index in [1.165, 1.54) is 90.8 Å². The molecule has 0 amide bonds. The second-order valence-electron chi connectivity index (χ2n) is 13.7. The summed E-state index contributed by atoms with van der Waals surface area (Å²) in [6.45, 7) is 90.3. The molecule has 10 heterocycles. The van der Waals surface area contributed by atoms with Crippen molar-refractivity contribution >= 4 is 0 Å². The molecular formula is C83H193N15O. The quantitative estimate of drug-likeness (QED) is 0.0979. The first-order chi connectivity index (χ1) is 48.3. The summed E-state index contributed by atoms with van der Waals surface area (Å²) in [6, 6.07) is 11.1. The lowest BCUT2D eigenvalue weighted by Crippen LogP contribution is -2.42. The number of ether oxygens (including phenoxy) is 1. The number of piperazine rings is 2. The molecule has 0 radical (unpaired) electrons. The number of likely N-dealkylation sites (N-methyl/N-ethyl adjacent to an activating group) is 2. The van der Waals surface area contributed by atoms with Crippen molar-refractivity contribution in [3.05, 3.63) is 129 Å². The third-order valence-corrected chi connectivity index (χ3v) is 8.40. The Balaban J connectivity index is -0.0000000370. The number of rotatable bonds is 0. The van der Waals surface area contributed by atoms with E-state index >= 15 is 0 Å². The number of nitrogens with one attached hydrogen (secondary N) is 6. The van der Waals surface area contributed by atoms with Crippen LogP contribution in [0.4, 0.5) is 0 Å². The second-order valence-corrected chi connectivity index (χ2v) is 13.7. The Morgan fingerprint density at radius 3 is 0.616 bits per heavy atom. The molecule has 5 saturated heterocycles. The number of aromatic nitrogens is 7. The molecule has 6 aliphatic heterocycles. The third-order valence-electron chi connectivity index (χ3n) is 8.40. The van der Waals surface area contributed by atoms with Crippen LogP contribution < -0.4 is 31.9 Å². The van der Waals surface area contributed by atoms with Gasteiger partial charge in [0.1, 0.15) is 6.33 Å². The van der Waals surface area contributed by atoms with Gasteiger partial charge in [-0.05, 0) is 115 Å². The molecule has 5 fully saturated rings. The summed E-state index contributed by atoms with van der Waals surface area (Å²) in [4.78, 5) is 23.3. The summed E-state index contributed by atoms with van der Waals surface area (Å²) in [6.07, 6.45) is 34.3. The van der Waals surface area contributed by atoms with Gasteiger partial charge in [-0.2, -0.15) is 10.2 Å². The van der Waals surface area contributed by atoms with E-state index in [1.54, 1.807) is 68.0 Å². The van der Waals surface area contributed by atoms with Gasteiger partial charge < -0.3 is 46.4 Å². The summed E-state index contributed by atoms with van der Waals surface area (Å²) < 4.78 is 5.01. The van der Waals surface area contributed by atoms with Crippen LogP contribution in [-0.4, -0.2) is 164 Å². The maximum atomic E-state index is 5.01. The predicted molar refractivity (Wildman–Crippen MR) is 467 cm³/mol. The minimum atomic E-state index is 0. The first-order valence-corrected chi connectivity index (χ1v) is 39.8. The van der Waals surface area contributed by atoms with E-state index in [9.17, 15) is 0 Å². The van der Waals surface area contributed by atoms with Crippen LogP contribution in [-0.2, 0) is 4.74 Å². The second kappa shape index (κ2) is 234. The van der Waals surface area contributed by atoms with Crippen LogP contribution in [0, 0.1) is 0 Å². The molecule has 6 N–H and O–H groups in total. The molecule has 6 aliphatic rings. The van der Waals surface area contributed by atoms with Gasteiger partial charge in [-0.15, -0.1) is 0 Å². The Morgan fingerprint density at radius 1 is 0.263 bits per heavy atom. The van der Waals surface area contributed by atoms with Crippen LogP contribution in [0.1, 0.15) is 303 Å². The number of allylic oxidation sites excluding steroid dienone is 2. The summed E-state index contributed by atoms with van der Waals surface area (Å²) in [7, 11) is 4.35. The molecule has 0 saturated carbocycles. The molecule has 4 aromatic heterocycles. The lowest BCUT2D eigenvalue weighted by Gasteiger charge is -2.28. The Morgan fingerprint density at radius 2 is 0.505 bits per heavy atom. The number of morpholine rings is 1. The molecule has 0 unspecified atom stereocenters. The molecule has 0 aliphatic carbocycles. The fourth-order valence-corrected chi connectivity index (χ4v) is 4.93. The maximum Gasteiger partial charge on any atom is 0.115 e. The Hall–Kier alpha value is -4.65. The largest absolute Gasteiger partial charge is 0.379 e. The van der Waals surface area contributed by atoms with E-state index < -0.39 is 0 Å². The fraction of sp³-hybridized carbons (Fsp3) is 0.747. The van der Waals surface area contributed by atoms with E-state index in [0.29, 0.717) is 0 Å². The zero-order chi connectivity index (χ0) is 79.5. The van der Waals surface area contributed by atoms with Crippen LogP contribution in [0.2, 0.25) is 0 Å². The Bertz CT molecular complexity index is 1060. The fourth-order valence-electron chi connectivity index (χ4n) is 4.93. The molecule has 10 rings (SSSR count). The number of pyridine rings is 1. The van der Waals surface area contributed by atoms with Crippen molar-refractivity contribution < 1.29 is 4.74 Å². The van der Waals surface area contributed by atoms with Crippen LogP contribution in [0.3, 0.4) is 0 Å². The summed E-state index contributed by atoms with van der Waals surface area (Å²) >= 11 is 0. The molecule has 0 aromatic carbocycles. The van der Waals surface area contributed by atoms with Gasteiger partial charge >= 0.3 is 0 Å². The van der Waals surface area contributed by atoms with Gasteiger partial charge in [-0.3, -0.25) is 15.0 Å². The zero-order valence-electron chi connectivity index (χ0n) is 73.1. The molecule has 4 aromatic rings. The lowest BCUT2D eigenvalue weighted by atomic mass is 10.2. The van der Waals surface area contributed by atoms with Crippen LogP contribution >= 0.6 is 0 Å². The molecule has 606 valence electrons. The van der Waals surface area contributed by atoms with Crippen molar-refractivity contribution in [1.29, 1.82) is 0 Å². The van der Waals surface area contributed by atoms with E-state index in [-0.39, 0.29) is 14.9 Å². The SMILES string of the molecule is C.C.C1=CNC=CC1.C1CCNC1.C1CCNCC1.C1CNCCN1.C1COCCN1.CC.CC.CC.CC.CC.CC.CC.CC.CC.CC.CC.CC.CC.CC.CC.CC.CC.CC.CN1CCN(C)CC1.c1ccncc1.c1ccnnc1.c1cnccn1.c1cncnc1. The van der Waals surface area contributed by atoms with Crippen LogP contribution in [0.25, 0.3) is 0 Å². The van der Waals surface area contributed by atoms with Crippen molar-refractivity contribution in [1.82, 2.24) is 76.8 Å². The molecular weight excluding hydrogens is 1220 g/mol. The highest BCUT2D eigenvalue weighted by Gasteiger charge is 2.07. The normalized spacial score (nSPS) is 11.8. The van der Waals surface area contributed by atoms with Gasteiger partial charge in [0.05, 0.1) is 13.2 Å². The van der Waals surface area contributed by atoms with Gasteiger partial charge in [0.25, 0.3) is 0 Å². The first kappa shape index (κ1) is 149. The lowest BCUT2D eigenvalue weighted by molar-refractivity contribution is 0.109. The van der Waals surface area contributed by atoms with Crippen molar-refractivity contribution in [2.75, 3.05) is 119 Å². The molecule has 0 atom stereocenters. The van der Waals surface area contributed by atoms with Gasteiger partial charge in [0.15, 0.2) is 0 Å². The minimum absolute atomic E-state index is 0. The predicted octanol–water partition coefficient (Wildman–Crippen LogP) is 23.0. The van der Waals surface area contributed by atoms with E-state index in [2.05, 4.69) is 103 Å². The molecule has 16 heteroatoms. The van der Waals surface area contributed by atoms with Gasteiger partial charge in [0, 0.05) is 127 Å². The van der Waals surface area contributed by atoms with Gasteiger partial charge in [-0.1, -0.05) is 289 Å². The number of dihydropyridines is 1. The van der Waals surface area contributed by atoms with E-state index in [4.69, 9.17) is 4.74 Å². The molecule has 0 bridgehead atoms. The van der Waals surface area contributed by atoms with Crippen LogP contribution in [0.5, 0.6) is 0 Å². The summed E-state index contributed by atoms with van der Waals surface area (Å²) in [5, 5.41) is 26.1. The van der Waals surface area contributed by atoms with Gasteiger partial charge in [-0.25, -0.2) is 9.97 Å². The topological polar surface area (TPSA) is 178 Å². The summed E-state index contributed by atoms with van der Waals surface area (Å²) in [5.41, 5.74) is 0. The molecule has 0 spiro atoms. The number of piperidine rings is 1. The smallest absolute Gasteiger partial charge is 0.115 e. The molecule has 16 nitrogen and oxygen atoms in total. The van der Waals surface area contributed by atoms with E-state index in [1.807, 2.05) is 292 Å². The number of nitrogens with zero attached hydrogens (tertiary/aromatic N) is 9. The standard InChI is InChI=1S/C6H14N2.C5H11N.C5H7N.C5H5N.C4H10N2.3C4H4N2.C4H9NO.C4H9N.18C2H6.2CH4/c1-7-3-5-8(2)6-4-7;3*1-2-4-6-5-3-1;2*1-2-6-4-3-5-1;1-2-5-4-6-3-1;1-2-4-6-5-3-1;1-3-6-4-2-5-1;1-2-4-5-3-1;18*1-2;;/h3-6H2,1-2H3;6H,1-5H2;2-6H,1H2;1-5H;5-6H,1-4H2;3*1-4H;5H,1-4H2;5H,1-4H2;18*1-2H3;2*1H4. The zero-order valence-corrected chi connectivity index (χ0v) is 73.1. The minimum Gasteiger partial charge on any atom is -0.379 e. The number of hydrogen-bond acceptors (Lipinski definition) is 16.